The molecule has 0 unspecified atom stereocenters. The summed E-state index contributed by atoms with van der Waals surface area (Å²) in [4.78, 5) is 16.3. The minimum Gasteiger partial charge on any atom is -0.468 e. The number of rotatable bonds is 5. The third-order valence-electron chi connectivity index (χ3n) is 3.99. The second kappa shape index (κ2) is 7.13. The number of methoxy groups -OCH3 is 1. The van der Waals surface area contributed by atoms with Crippen LogP contribution < -0.4 is 4.31 Å². The molecule has 0 aliphatic rings. The van der Waals surface area contributed by atoms with Crippen LogP contribution in [0.15, 0.2) is 65.7 Å². The molecule has 6 nitrogen and oxygen atoms in total. The monoisotopic (exact) mass is 370 g/mol. The number of para-hydroxylation sites is 1. The molecule has 1 aromatic heterocycles. The molecule has 0 bridgehead atoms. The van der Waals surface area contributed by atoms with Crippen molar-refractivity contribution < 1.29 is 17.9 Å². The normalized spacial score (nSPS) is 11.3. The number of ether oxygens (including phenoxy) is 1. The number of anilines is 1. The molecule has 26 heavy (non-hydrogen) atoms. The maximum Gasteiger partial charge on any atom is 0.326 e. The Morgan fingerprint density at radius 1 is 1.08 bits per heavy atom. The molecule has 2 aromatic carbocycles. The number of esters is 1. The number of carbonyl (C=O) groups excluding carboxylic acids is 1. The smallest absolute Gasteiger partial charge is 0.326 e. The Kier molecular flexibility index (Phi) is 4.90. The number of aromatic nitrogens is 1. The van der Waals surface area contributed by atoms with E-state index < -0.39 is 22.5 Å². The SMILES string of the molecule is COC(=O)CN(c1cccc2cccnc12)S(=O)(=O)c1ccc(C)cc1. The Balaban J connectivity index is 2.19. The zero-order valence-corrected chi connectivity index (χ0v) is 15.2. The highest BCUT2D eigenvalue weighted by atomic mass is 32.2. The van der Waals surface area contributed by atoms with E-state index in [2.05, 4.69) is 4.98 Å². The van der Waals surface area contributed by atoms with Crippen molar-refractivity contribution in [3.05, 3.63) is 66.4 Å². The highest BCUT2D eigenvalue weighted by Gasteiger charge is 2.29. The third kappa shape index (κ3) is 3.39. The van der Waals surface area contributed by atoms with Gasteiger partial charge in [0.05, 0.1) is 23.2 Å². The first kappa shape index (κ1) is 17.9. The molecule has 0 saturated heterocycles. The number of carbonyl (C=O) groups is 1. The predicted octanol–water partition coefficient (Wildman–Crippen LogP) is 2.91. The van der Waals surface area contributed by atoms with Gasteiger partial charge in [-0.25, -0.2) is 8.42 Å². The van der Waals surface area contributed by atoms with Crippen LogP contribution in [0.3, 0.4) is 0 Å². The van der Waals surface area contributed by atoms with E-state index in [-0.39, 0.29) is 4.90 Å². The van der Waals surface area contributed by atoms with Crippen LogP contribution in [-0.2, 0) is 19.6 Å². The largest absolute Gasteiger partial charge is 0.468 e. The number of fused-ring (bicyclic) bond motifs is 1. The summed E-state index contributed by atoms with van der Waals surface area (Å²) in [6, 6.07) is 15.3. The average molecular weight is 370 g/mol. The molecule has 0 saturated carbocycles. The fourth-order valence-electron chi connectivity index (χ4n) is 2.61. The van der Waals surface area contributed by atoms with E-state index in [4.69, 9.17) is 4.74 Å². The first-order valence-electron chi connectivity index (χ1n) is 7.93. The molecule has 0 N–H and O–H groups in total. The summed E-state index contributed by atoms with van der Waals surface area (Å²) in [5.41, 5.74) is 1.76. The maximum absolute atomic E-state index is 13.2. The number of hydrogen-bond donors (Lipinski definition) is 0. The standard InChI is InChI=1S/C19H18N2O4S/c1-14-8-10-16(11-9-14)26(23,24)21(13-18(22)25-2)17-7-3-5-15-6-4-12-20-19(15)17/h3-12H,13H2,1-2H3. The average Bonchev–Trinajstić information content (AvgIpc) is 2.65. The van der Waals surface area contributed by atoms with E-state index >= 15 is 0 Å². The number of hydrogen-bond acceptors (Lipinski definition) is 5. The van der Waals surface area contributed by atoms with E-state index in [0.717, 1.165) is 15.3 Å². The molecule has 0 aliphatic heterocycles. The summed E-state index contributed by atoms with van der Waals surface area (Å²) in [6.07, 6.45) is 1.58. The fraction of sp³-hybridized carbons (Fsp3) is 0.158. The fourth-order valence-corrected chi connectivity index (χ4v) is 4.02. The number of aryl methyl sites for hydroxylation is 1. The van der Waals surface area contributed by atoms with Gasteiger partial charge in [-0.2, -0.15) is 0 Å². The van der Waals surface area contributed by atoms with Crippen molar-refractivity contribution in [1.29, 1.82) is 0 Å². The summed E-state index contributed by atoms with van der Waals surface area (Å²) < 4.78 is 32.2. The van der Waals surface area contributed by atoms with Crippen LogP contribution in [0.25, 0.3) is 10.9 Å². The first-order chi connectivity index (χ1) is 12.4. The topological polar surface area (TPSA) is 76.6 Å². The predicted molar refractivity (Wildman–Crippen MR) is 99.5 cm³/mol. The number of sulfonamides is 1. The van der Waals surface area contributed by atoms with Crippen LogP contribution >= 0.6 is 0 Å². The van der Waals surface area contributed by atoms with Gasteiger partial charge >= 0.3 is 5.97 Å². The van der Waals surface area contributed by atoms with Gasteiger partial charge in [0, 0.05) is 11.6 Å². The van der Waals surface area contributed by atoms with Gasteiger partial charge in [-0.05, 0) is 31.2 Å². The highest BCUT2D eigenvalue weighted by molar-refractivity contribution is 7.92. The zero-order valence-electron chi connectivity index (χ0n) is 14.4. The molecule has 0 spiro atoms. The summed E-state index contributed by atoms with van der Waals surface area (Å²) >= 11 is 0. The van der Waals surface area contributed by atoms with Gasteiger partial charge in [0.15, 0.2) is 0 Å². The lowest BCUT2D eigenvalue weighted by molar-refractivity contribution is -0.138. The summed E-state index contributed by atoms with van der Waals surface area (Å²) in [5, 5.41) is 0.777. The number of nitrogens with zero attached hydrogens (tertiary/aromatic N) is 2. The Hall–Kier alpha value is -2.93. The van der Waals surface area contributed by atoms with Gasteiger partial charge in [0.25, 0.3) is 10.0 Å². The molecule has 134 valence electrons. The molecular formula is C19H18N2O4S. The van der Waals surface area contributed by atoms with Crippen molar-refractivity contribution in [2.24, 2.45) is 0 Å². The van der Waals surface area contributed by atoms with Gasteiger partial charge in [-0.3, -0.25) is 14.1 Å². The van der Waals surface area contributed by atoms with E-state index in [0.29, 0.717) is 11.2 Å². The quantitative estimate of drug-likeness (QED) is 0.646. The summed E-state index contributed by atoms with van der Waals surface area (Å²) in [5.74, 6) is -0.659. The van der Waals surface area contributed by atoms with Crippen LogP contribution in [0, 0.1) is 6.92 Å². The summed E-state index contributed by atoms with van der Waals surface area (Å²) in [6.45, 7) is 1.43. The van der Waals surface area contributed by atoms with Crippen molar-refractivity contribution in [3.63, 3.8) is 0 Å². The number of benzene rings is 2. The Bertz CT molecular complexity index is 1040. The molecular weight excluding hydrogens is 352 g/mol. The van der Waals surface area contributed by atoms with Crippen molar-refractivity contribution in [2.75, 3.05) is 18.0 Å². The zero-order chi connectivity index (χ0) is 18.7. The third-order valence-corrected chi connectivity index (χ3v) is 5.76. The first-order valence-corrected chi connectivity index (χ1v) is 9.37. The van der Waals surface area contributed by atoms with Crippen LogP contribution in [0.1, 0.15) is 5.56 Å². The Morgan fingerprint density at radius 2 is 1.77 bits per heavy atom. The van der Waals surface area contributed by atoms with E-state index in [9.17, 15) is 13.2 Å². The van der Waals surface area contributed by atoms with Gasteiger partial charge < -0.3 is 4.74 Å². The van der Waals surface area contributed by atoms with Crippen LogP contribution in [0.4, 0.5) is 5.69 Å². The van der Waals surface area contributed by atoms with Crippen LogP contribution in [0.2, 0.25) is 0 Å². The second-order valence-corrected chi connectivity index (χ2v) is 7.62. The molecule has 0 fully saturated rings. The van der Waals surface area contributed by atoms with Crippen molar-refractivity contribution in [3.8, 4) is 0 Å². The van der Waals surface area contributed by atoms with Gasteiger partial charge in [0.1, 0.15) is 6.54 Å². The lowest BCUT2D eigenvalue weighted by Crippen LogP contribution is -2.36. The lowest BCUT2D eigenvalue weighted by Gasteiger charge is -2.24. The number of pyridine rings is 1. The van der Waals surface area contributed by atoms with Crippen molar-refractivity contribution >= 4 is 32.6 Å². The molecule has 3 aromatic rings. The van der Waals surface area contributed by atoms with E-state index in [1.807, 2.05) is 19.1 Å². The lowest BCUT2D eigenvalue weighted by atomic mass is 10.2. The van der Waals surface area contributed by atoms with Crippen molar-refractivity contribution in [2.45, 2.75) is 11.8 Å². The maximum atomic E-state index is 13.2. The highest BCUT2D eigenvalue weighted by Crippen LogP contribution is 2.29. The minimum absolute atomic E-state index is 0.0972. The molecule has 0 atom stereocenters. The van der Waals surface area contributed by atoms with Crippen molar-refractivity contribution in [1.82, 2.24) is 4.98 Å². The molecule has 3 rings (SSSR count). The molecule has 7 heteroatoms. The van der Waals surface area contributed by atoms with Gasteiger partial charge in [0.2, 0.25) is 0 Å². The van der Waals surface area contributed by atoms with E-state index in [1.54, 1.807) is 36.5 Å². The van der Waals surface area contributed by atoms with Gasteiger partial charge in [-0.1, -0.05) is 35.9 Å². The van der Waals surface area contributed by atoms with Crippen LogP contribution in [-0.4, -0.2) is 33.0 Å². The van der Waals surface area contributed by atoms with Gasteiger partial charge in [-0.15, -0.1) is 0 Å². The molecule has 0 amide bonds. The summed E-state index contributed by atoms with van der Waals surface area (Å²) in [7, 11) is -2.75. The molecule has 0 radical (unpaired) electrons. The van der Waals surface area contributed by atoms with E-state index in [1.165, 1.54) is 19.2 Å². The molecule has 0 aliphatic carbocycles. The Morgan fingerprint density at radius 3 is 2.46 bits per heavy atom. The molecule has 1 heterocycles. The second-order valence-electron chi connectivity index (χ2n) is 5.75. The minimum atomic E-state index is -3.98. The van der Waals surface area contributed by atoms with Crippen LogP contribution in [0.5, 0.6) is 0 Å². The Labute approximate surface area is 152 Å².